The zero-order chi connectivity index (χ0) is 17.2. The largest absolute Gasteiger partial charge is 0.492 e. The summed E-state index contributed by atoms with van der Waals surface area (Å²) in [5, 5.41) is 8.78. The fourth-order valence-electron chi connectivity index (χ4n) is 3.61. The Morgan fingerprint density at radius 2 is 1.83 bits per heavy atom. The van der Waals surface area contributed by atoms with E-state index in [1.165, 1.54) is 4.90 Å². The maximum absolute atomic E-state index is 12.8. The Labute approximate surface area is 141 Å². The normalized spacial score (nSPS) is 19.7. The third-order valence-electron chi connectivity index (χ3n) is 5.05. The van der Waals surface area contributed by atoms with Crippen molar-refractivity contribution in [2.24, 2.45) is 0 Å². The van der Waals surface area contributed by atoms with Gasteiger partial charge in [0, 0.05) is 7.05 Å². The Bertz CT molecular complexity index is 672. The zero-order valence-electron chi connectivity index (χ0n) is 13.8. The van der Waals surface area contributed by atoms with E-state index in [2.05, 4.69) is 0 Å². The number of benzene rings is 1. The molecule has 0 radical (unpaired) electrons. The van der Waals surface area contributed by atoms with Crippen LogP contribution in [-0.4, -0.2) is 47.5 Å². The van der Waals surface area contributed by atoms with Crippen LogP contribution < -0.4 is 4.74 Å². The smallest absolute Gasteiger partial charge is 0.327 e. The fourth-order valence-corrected chi connectivity index (χ4v) is 3.61. The lowest BCUT2D eigenvalue weighted by atomic mass is 9.81. The quantitative estimate of drug-likeness (QED) is 0.797. The van der Waals surface area contributed by atoms with Gasteiger partial charge >= 0.3 is 6.03 Å². The topological polar surface area (TPSA) is 73.6 Å². The Morgan fingerprint density at radius 3 is 2.46 bits per heavy atom. The molecular weight excluding hydrogens is 306 g/mol. The highest BCUT2D eigenvalue weighted by Gasteiger charge is 2.55. The van der Waals surface area contributed by atoms with Gasteiger partial charge in [0.25, 0.3) is 5.91 Å². The molecule has 0 atom stereocenters. The average molecular weight is 327 g/mol. The number of urea groups is 1. The minimum atomic E-state index is -0.635. The maximum atomic E-state index is 12.8. The monoisotopic (exact) mass is 327 g/mol. The van der Waals surface area contributed by atoms with E-state index >= 15 is 0 Å². The van der Waals surface area contributed by atoms with Crippen LogP contribution in [0.25, 0.3) is 0 Å². The van der Waals surface area contributed by atoms with Crippen molar-refractivity contribution in [1.82, 2.24) is 9.80 Å². The van der Waals surface area contributed by atoms with Gasteiger partial charge in [0.2, 0.25) is 0 Å². The summed E-state index contributed by atoms with van der Waals surface area (Å²) in [6.07, 6.45) is 4.60. The summed E-state index contributed by atoms with van der Waals surface area (Å²) >= 11 is 0. The van der Waals surface area contributed by atoms with Gasteiger partial charge in [-0.25, -0.2) is 4.79 Å². The summed E-state index contributed by atoms with van der Waals surface area (Å²) < 4.78 is 5.60. The van der Waals surface area contributed by atoms with Gasteiger partial charge in [0.1, 0.15) is 17.9 Å². The van der Waals surface area contributed by atoms with E-state index in [1.54, 1.807) is 36.2 Å². The number of nitrogens with zero attached hydrogens (tertiary/aromatic N) is 3. The average Bonchev–Trinajstić information content (AvgIpc) is 2.79. The van der Waals surface area contributed by atoms with Gasteiger partial charge in [-0.1, -0.05) is 19.3 Å². The molecule has 24 heavy (non-hydrogen) atoms. The van der Waals surface area contributed by atoms with Crippen LogP contribution in [0.2, 0.25) is 0 Å². The number of carbonyl (C=O) groups excluding carboxylic acids is 2. The molecule has 0 aromatic heterocycles. The molecule has 1 aliphatic heterocycles. The predicted octanol–water partition coefficient (Wildman–Crippen LogP) is 2.53. The summed E-state index contributed by atoms with van der Waals surface area (Å²) in [6.45, 7) is 0.483. The molecular formula is C18H21N3O3. The lowest BCUT2D eigenvalue weighted by Crippen LogP contribution is -2.49. The van der Waals surface area contributed by atoms with Crippen LogP contribution in [0.15, 0.2) is 24.3 Å². The van der Waals surface area contributed by atoms with Crippen molar-refractivity contribution in [3.05, 3.63) is 29.8 Å². The molecule has 1 saturated carbocycles. The third kappa shape index (κ3) is 2.71. The SMILES string of the molecule is CN1C(=O)N(CCOc2ccc(C#N)cc2)C(=O)C12CCCCC2. The molecule has 1 saturated heterocycles. The molecule has 6 heteroatoms. The highest BCUT2D eigenvalue weighted by atomic mass is 16.5. The minimum Gasteiger partial charge on any atom is -0.492 e. The fraction of sp³-hybridized carbons (Fsp3) is 0.500. The van der Waals surface area contributed by atoms with Gasteiger partial charge < -0.3 is 9.64 Å². The highest BCUT2D eigenvalue weighted by molar-refractivity contribution is 6.06. The standard InChI is InChI=1S/C18H21N3O3/c1-20-17(23)21(16(22)18(20)9-3-2-4-10-18)11-12-24-15-7-5-14(13-19)6-8-15/h5-8H,2-4,9-12H2,1H3. The van der Waals surface area contributed by atoms with E-state index < -0.39 is 5.54 Å². The molecule has 0 N–H and O–H groups in total. The molecule has 6 nitrogen and oxygen atoms in total. The van der Waals surface area contributed by atoms with Crippen LogP contribution in [0.5, 0.6) is 5.75 Å². The second-order valence-corrected chi connectivity index (χ2v) is 6.38. The molecule has 1 aromatic carbocycles. The van der Waals surface area contributed by atoms with Gasteiger partial charge in [-0.3, -0.25) is 9.69 Å². The van der Waals surface area contributed by atoms with E-state index in [-0.39, 0.29) is 25.1 Å². The van der Waals surface area contributed by atoms with Gasteiger partial charge in [-0.05, 0) is 37.1 Å². The van der Waals surface area contributed by atoms with Crippen molar-refractivity contribution in [2.75, 3.05) is 20.2 Å². The Morgan fingerprint density at radius 1 is 1.17 bits per heavy atom. The first-order valence-electron chi connectivity index (χ1n) is 8.31. The highest BCUT2D eigenvalue weighted by Crippen LogP contribution is 2.39. The number of likely N-dealkylation sites (N-methyl/N-ethyl adjacent to an activating group) is 1. The first-order chi connectivity index (χ1) is 11.6. The van der Waals surface area contributed by atoms with Crippen molar-refractivity contribution in [1.29, 1.82) is 5.26 Å². The Kier molecular flexibility index (Phi) is 4.43. The molecule has 1 heterocycles. The number of carbonyl (C=O) groups is 2. The van der Waals surface area contributed by atoms with Crippen LogP contribution in [0.1, 0.15) is 37.7 Å². The Hall–Kier alpha value is -2.55. The first kappa shape index (κ1) is 16.3. The summed E-state index contributed by atoms with van der Waals surface area (Å²) in [6, 6.07) is 8.58. The molecule has 3 amide bonds. The molecule has 2 fully saturated rings. The number of ether oxygens (including phenoxy) is 1. The first-order valence-corrected chi connectivity index (χ1v) is 8.31. The number of imide groups is 1. The number of rotatable bonds is 4. The van der Waals surface area contributed by atoms with E-state index in [9.17, 15) is 9.59 Å². The zero-order valence-corrected chi connectivity index (χ0v) is 13.8. The number of nitriles is 1. The summed E-state index contributed by atoms with van der Waals surface area (Å²) in [5.74, 6) is 0.534. The van der Waals surface area contributed by atoms with Crippen molar-refractivity contribution in [3.8, 4) is 11.8 Å². The number of hydrogen-bond acceptors (Lipinski definition) is 4. The van der Waals surface area contributed by atoms with Gasteiger partial charge in [-0.2, -0.15) is 5.26 Å². The van der Waals surface area contributed by atoms with Crippen LogP contribution in [-0.2, 0) is 4.79 Å². The van der Waals surface area contributed by atoms with Crippen molar-refractivity contribution in [3.63, 3.8) is 0 Å². The van der Waals surface area contributed by atoms with Crippen LogP contribution in [0.3, 0.4) is 0 Å². The van der Waals surface area contributed by atoms with E-state index in [4.69, 9.17) is 10.00 Å². The number of amides is 3. The maximum Gasteiger partial charge on any atom is 0.327 e. The predicted molar refractivity (Wildman–Crippen MR) is 87.3 cm³/mol. The Balaban J connectivity index is 1.61. The van der Waals surface area contributed by atoms with Gasteiger partial charge in [0.05, 0.1) is 18.2 Å². The van der Waals surface area contributed by atoms with Crippen LogP contribution in [0, 0.1) is 11.3 Å². The lowest BCUT2D eigenvalue weighted by molar-refractivity contribution is -0.134. The van der Waals surface area contributed by atoms with Crippen LogP contribution >= 0.6 is 0 Å². The third-order valence-corrected chi connectivity index (χ3v) is 5.05. The van der Waals surface area contributed by atoms with Crippen LogP contribution in [0.4, 0.5) is 4.79 Å². The van der Waals surface area contributed by atoms with Gasteiger partial charge in [0.15, 0.2) is 0 Å². The summed E-state index contributed by atoms with van der Waals surface area (Å²) in [4.78, 5) is 28.2. The summed E-state index contributed by atoms with van der Waals surface area (Å²) in [5.41, 5.74) is -0.0721. The molecule has 1 aromatic rings. The molecule has 3 rings (SSSR count). The van der Waals surface area contributed by atoms with E-state index in [0.717, 1.165) is 32.1 Å². The molecule has 1 aliphatic carbocycles. The molecule has 0 bridgehead atoms. The molecule has 0 unspecified atom stereocenters. The van der Waals surface area contributed by atoms with Gasteiger partial charge in [-0.15, -0.1) is 0 Å². The molecule has 126 valence electrons. The van der Waals surface area contributed by atoms with Crippen molar-refractivity contribution < 1.29 is 14.3 Å². The lowest BCUT2D eigenvalue weighted by Gasteiger charge is -2.35. The van der Waals surface area contributed by atoms with E-state index in [1.807, 2.05) is 6.07 Å². The van der Waals surface area contributed by atoms with Crippen molar-refractivity contribution in [2.45, 2.75) is 37.6 Å². The second-order valence-electron chi connectivity index (χ2n) is 6.38. The summed E-state index contributed by atoms with van der Waals surface area (Å²) in [7, 11) is 1.73. The van der Waals surface area contributed by atoms with E-state index in [0.29, 0.717) is 11.3 Å². The number of hydrogen-bond donors (Lipinski definition) is 0. The van der Waals surface area contributed by atoms with Crippen molar-refractivity contribution >= 4 is 11.9 Å². The molecule has 2 aliphatic rings. The second kappa shape index (κ2) is 6.52. The minimum absolute atomic E-state index is 0.0851. The molecule has 1 spiro atoms.